The summed E-state index contributed by atoms with van der Waals surface area (Å²) in [5, 5.41) is 4.48. The molecule has 0 aromatic carbocycles. The number of halogens is 1. The fraction of sp³-hybridized carbons (Fsp3) is 0.455. The molecule has 2 heterocycles. The molecule has 0 unspecified atom stereocenters. The van der Waals surface area contributed by atoms with Crippen LogP contribution < -0.4 is 5.73 Å². The van der Waals surface area contributed by atoms with Crippen LogP contribution in [0.5, 0.6) is 0 Å². The van der Waals surface area contributed by atoms with Gasteiger partial charge in [0.05, 0.1) is 0 Å². The maximum Gasteiger partial charge on any atom is 0.157 e. The van der Waals surface area contributed by atoms with Crippen LogP contribution in [-0.2, 0) is 5.41 Å². The number of nitrogens with two attached hydrogens (primary N) is 1. The lowest BCUT2D eigenvalue weighted by atomic mass is 9.89. The van der Waals surface area contributed by atoms with Crippen LogP contribution in [0.4, 0.5) is 0 Å². The van der Waals surface area contributed by atoms with Crippen molar-refractivity contribution in [3.63, 3.8) is 0 Å². The number of pyridine rings is 1. The molecule has 2 N–H and O–H groups in total. The van der Waals surface area contributed by atoms with E-state index in [1.54, 1.807) is 4.52 Å². The number of hydrogen-bond donors (Lipinski definition) is 1. The van der Waals surface area contributed by atoms with Gasteiger partial charge in [0.15, 0.2) is 11.5 Å². The predicted octanol–water partition coefficient (Wildman–Crippen LogP) is 2.12. The third-order valence-corrected chi connectivity index (χ3v) is 3.14. The Labute approximate surface area is 103 Å². The van der Waals surface area contributed by atoms with Gasteiger partial charge < -0.3 is 5.73 Å². The molecule has 0 spiro atoms. The van der Waals surface area contributed by atoms with Gasteiger partial charge in [0.2, 0.25) is 0 Å². The van der Waals surface area contributed by atoms with Crippen LogP contribution in [0, 0.1) is 0 Å². The van der Waals surface area contributed by atoms with E-state index in [9.17, 15) is 0 Å². The Morgan fingerprint density at radius 1 is 1.44 bits per heavy atom. The van der Waals surface area contributed by atoms with Gasteiger partial charge in [-0.2, -0.15) is 5.10 Å². The van der Waals surface area contributed by atoms with E-state index in [2.05, 4.69) is 39.9 Å². The molecule has 0 aliphatic heterocycles. The maximum absolute atomic E-state index is 5.60. The molecule has 0 amide bonds. The van der Waals surface area contributed by atoms with E-state index < -0.39 is 0 Å². The van der Waals surface area contributed by atoms with Crippen LogP contribution in [0.15, 0.2) is 22.8 Å². The largest absolute Gasteiger partial charge is 0.330 e. The minimum atomic E-state index is -0.0761. The summed E-state index contributed by atoms with van der Waals surface area (Å²) in [5.74, 6) is 0.844. The average Bonchev–Trinajstić information content (AvgIpc) is 2.61. The van der Waals surface area contributed by atoms with Gasteiger partial charge in [0.1, 0.15) is 0 Å². The van der Waals surface area contributed by atoms with Crippen molar-refractivity contribution in [2.45, 2.75) is 25.7 Å². The molecule has 0 aliphatic rings. The molecule has 0 aliphatic carbocycles. The van der Waals surface area contributed by atoms with Gasteiger partial charge in [-0.25, -0.2) is 9.50 Å². The normalized spacial score (nSPS) is 12.2. The van der Waals surface area contributed by atoms with Gasteiger partial charge in [-0.15, -0.1) is 0 Å². The smallest absolute Gasteiger partial charge is 0.157 e. The van der Waals surface area contributed by atoms with Gasteiger partial charge in [-0.3, -0.25) is 0 Å². The Balaban J connectivity index is 2.46. The highest BCUT2D eigenvalue weighted by molar-refractivity contribution is 9.10. The second-order valence-corrected chi connectivity index (χ2v) is 5.42. The van der Waals surface area contributed by atoms with E-state index in [4.69, 9.17) is 5.73 Å². The van der Waals surface area contributed by atoms with Gasteiger partial charge >= 0.3 is 0 Å². The predicted molar refractivity (Wildman–Crippen MR) is 67.4 cm³/mol. The molecule has 0 radical (unpaired) electrons. The monoisotopic (exact) mass is 282 g/mol. The summed E-state index contributed by atoms with van der Waals surface area (Å²) in [6.45, 7) is 4.87. The highest BCUT2D eigenvalue weighted by Gasteiger charge is 2.24. The number of aromatic nitrogens is 3. The number of fused-ring (bicyclic) bond motifs is 1. The third kappa shape index (κ3) is 2.10. The summed E-state index contributed by atoms with van der Waals surface area (Å²) < 4.78 is 2.78. The Morgan fingerprint density at radius 3 is 2.88 bits per heavy atom. The topological polar surface area (TPSA) is 56.2 Å². The molecular formula is C11H15BrN4. The van der Waals surface area contributed by atoms with Gasteiger partial charge in [-0.1, -0.05) is 13.8 Å². The second kappa shape index (κ2) is 4.14. The zero-order valence-electron chi connectivity index (χ0n) is 9.44. The molecule has 0 saturated heterocycles. The molecule has 16 heavy (non-hydrogen) atoms. The molecule has 0 atom stereocenters. The van der Waals surface area contributed by atoms with Gasteiger partial charge in [0, 0.05) is 16.1 Å². The first kappa shape index (κ1) is 11.5. The highest BCUT2D eigenvalue weighted by atomic mass is 79.9. The summed E-state index contributed by atoms with van der Waals surface area (Å²) in [7, 11) is 0. The zero-order chi connectivity index (χ0) is 11.8. The van der Waals surface area contributed by atoms with Crippen molar-refractivity contribution in [1.29, 1.82) is 0 Å². The third-order valence-electron chi connectivity index (χ3n) is 2.67. The van der Waals surface area contributed by atoms with E-state index >= 15 is 0 Å². The average molecular weight is 283 g/mol. The number of rotatable bonds is 3. The first-order valence-electron chi connectivity index (χ1n) is 5.25. The van der Waals surface area contributed by atoms with Crippen LogP contribution >= 0.6 is 15.9 Å². The maximum atomic E-state index is 5.60. The molecule has 2 aromatic rings. The summed E-state index contributed by atoms with van der Waals surface area (Å²) >= 11 is 3.41. The Kier molecular flexibility index (Phi) is 2.99. The lowest BCUT2D eigenvalue weighted by molar-refractivity contribution is 0.457. The number of hydrogen-bond acceptors (Lipinski definition) is 3. The summed E-state index contributed by atoms with van der Waals surface area (Å²) in [6.07, 6.45) is 2.79. The van der Waals surface area contributed by atoms with Crippen molar-refractivity contribution >= 4 is 21.6 Å². The standard InChI is InChI=1S/C11H15BrN4/c1-11(2,5-6-13)10-14-9-4-3-8(12)7-16(9)15-10/h3-4,7H,5-6,13H2,1-2H3. The molecule has 2 rings (SSSR count). The summed E-state index contributed by atoms with van der Waals surface area (Å²) in [5.41, 5.74) is 6.39. The van der Waals surface area contributed by atoms with Crippen LogP contribution in [0.3, 0.4) is 0 Å². The molecule has 0 saturated carbocycles. The minimum Gasteiger partial charge on any atom is -0.330 e. The Bertz CT molecular complexity index is 504. The first-order chi connectivity index (χ1) is 7.53. The van der Waals surface area contributed by atoms with Crippen molar-refractivity contribution in [2.24, 2.45) is 5.73 Å². The van der Waals surface area contributed by atoms with Gasteiger partial charge in [0.25, 0.3) is 0 Å². The molecule has 0 bridgehead atoms. The van der Waals surface area contributed by atoms with Crippen molar-refractivity contribution in [3.8, 4) is 0 Å². The van der Waals surface area contributed by atoms with E-state index in [0.717, 1.165) is 22.4 Å². The lowest BCUT2D eigenvalue weighted by Gasteiger charge is -2.19. The Morgan fingerprint density at radius 2 is 2.19 bits per heavy atom. The second-order valence-electron chi connectivity index (χ2n) is 4.51. The van der Waals surface area contributed by atoms with Crippen LogP contribution in [-0.4, -0.2) is 21.1 Å². The summed E-state index contributed by atoms with van der Waals surface area (Å²) in [4.78, 5) is 4.52. The number of nitrogens with zero attached hydrogens (tertiary/aromatic N) is 3. The highest BCUT2D eigenvalue weighted by Crippen LogP contribution is 2.24. The molecule has 5 heteroatoms. The van der Waals surface area contributed by atoms with Gasteiger partial charge in [-0.05, 0) is 41.0 Å². The SMILES string of the molecule is CC(C)(CCN)c1nc2ccc(Br)cn2n1. The molecule has 2 aromatic heterocycles. The van der Waals surface area contributed by atoms with Crippen molar-refractivity contribution in [3.05, 3.63) is 28.6 Å². The molecule has 4 nitrogen and oxygen atoms in total. The lowest BCUT2D eigenvalue weighted by Crippen LogP contribution is -2.23. The zero-order valence-corrected chi connectivity index (χ0v) is 11.0. The van der Waals surface area contributed by atoms with Crippen molar-refractivity contribution < 1.29 is 0 Å². The molecule has 0 fully saturated rings. The van der Waals surface area contributed by atoms with Crippen molar-refractivity contribution in [2.75, 3.05) is 6.54 Å². The first-order valence-corrected chi connectivity index (χ1v) is 6.05. The fourth-order valence-electron chi connectivity index (χ4n) is 1.62. The minimum absolute atomic E-state index is 0.0761. The van der Waals surface area contributed by atoms with E-state index in [0.29, 0.717) is 6.54 Å². The molecular weight excluding hydrogens is 268 g/mol. The van der Waals surface area contributed by atoms with Crippen LogP contribution in [0.25, 0.3) is 5.65 Å². The van der Waals surface area contributed by atoms with Crippen LogP contribution in [0.1, 0.15) is 26.1 Å². The van der Waals surface area contributed by atoms with E-state index in [1.165, 1.54) is 0 Å². The Hall–Kier alpha value is -0.940. The van der Waals surface area contributed by atoms with E-state index in [1.807, 2.05) is 18.3 Å². The van der Waals surface area contributed by atoms with Crippen LogP contribution in [0.2, 0.25) is 0 Å². The molecule has 86 valence electrons. The van der Waals surface area contributed by atoms with E-state index in [-0.39, 0.29) is 5.41 Å². The quantitative estimate of drug-likeness (QED) is 0.938. The summed E-state index contributed by atoms with van der Waals surface area (Å²) in [6, 6.07) is 3.91. The fourth-order valence-corrected chi connectivity index (χ4v) is 1.94. The van der Waals surface area contributed by atoms with Crippen molar-refractivity contribution in [1.82, 2.24) is 14.6 Å².